The first-order valence-corrected chi connectivity index (χ1v) is 9.31. The van der Waals surface area contributed by atoms with E-state index < -0.39 is 0 Å². The molecule has 6 nitrogen and oxygen atoms in total. The predicted octanol–water partition coefficient (Wildman–Crippen LogP) is 3.64. The molecule has 3 aromatic heterocycles. The number of aryl methyl sites for hydroxylation is 1. The van der Waals surface area contributed by atoms with Crippen LogP contribution in [0, 0.1) is 0 Å². The van der Waals surface area contributed by atoms with Crippen LogP contribution < -0.4 is 10.1 Å². The highest BCUT2D eigenvalue weighted by molar-refractivity contribution is 7.13. The van der Waals surface area contributed by atoms with Gasteiger partial charge in [-0.05, 0) is 47.3 Å². The van der Waals surface area contributed by atoms with E-state index in [2.05, 4.69) is 15.4 Å². The Kier molecular flexibility index (Phi) is 4.60. The number of carbonyl (C=O) groups excluding carboxylic acids is 1. The Balaban J connectivity index is 1.50. The molecule has 4 rings (SSSR count). The molecule has 136 valence electrons. The number of hydrogen-bond acceptors (Lipinski definition) is 5. The van der Waals surface area contributed by atoms with Gasteiger partial charge in [-0.2, -0.15) is 5.10 Å². The molecule has 0 spiro atoms. The third kappa shape index (κ3) is 3.41. The fourth-order valence-corrected chi connectivity index (χ4v) is 3.68. The zero-order chi connectivity index (χ0) is 18.8. The van der Waals surface area contributed by atoms with E-state index in [0.717, 1.165) is 27.0 Å². The van der Waals surface area contributed by atoms with Crippen molar-refractivity contribution in [3.8, 4) is 16.5 Å². The van der Waals surface area contributed by atoms with Crippen LogP contribution in [0.4, 0.5) is 0 Å². The summed E-state index contributed by atoms with van der Waals surface area (Å²) >= 11 is 1.64. The molecule has 0 aliphatic carbocycles. The van der Waals surface area contributed by atoms with Gasteiger partial charge in [-0.1, -0.05) is 6.07 Å². The number of benzene rings is 1. The van der Waals surface area contributed by atoms with Crippen molar-refractivity contribution < 1.29 is 9.53 Å². The van der Waals surface area contributed by atoms with Gasteiger partial charge in [-0.3, -0.25) is 9.78 Å². The number of ether oxygens (including phenoxy) is 1. The number of aromatic nitrogens is 3. The van der Waals surface area contributed by atoms with Gasteiger partial charge in [0.2, 0.25) is 5.88 Å². The topological polar surface area (TPSA) is 69.0 Å². The molecule has 4 aromatic rings. The maximum Gasteiger partial charge on any atom is 0.251 e. The number of nitrogens with zero attached hydrogens (tertiary/aromatic N) is 3. The molecule has 1 amide bonds. The average Bonchev–Trinajstić information content (AvgIpc) is 3.32. The van der Waals surface area contributed by atoms with Crippen molar-refractivity contribution in [3.63, 3.8) is 0 Å². The van der Waals surface area contributed by atoms with Crippen LogP contribution in [0.2, 0.25) is 0 Å². The third-order valence-electron chi connectivity index (χ3n) is 4.29. The van der Waals surface area contributed by atoms with Crippen molar-refractivity contribution in [1.29, 1.82) is 0 Å². The molecule has 0 aliphatic rings. The van der Waals surface area contributed by atoms with Gasteiger partial charge in [0.1, 0.15) is 0 Å². The summed E-state index contributed by atoms with van der Waals surface area (Å²) in [6.45, 7) is 0.434. The number of nitrogens with one attached hydrogen (secondary N) is 1. The van der Waals surface area contributed by atoms with Crippen LogP contribution >= 0.6 is 11.3 Å². The van der Waals surface area contributed by atoms with Crippen molar-refractivity contribution in [2.24, 2.45) is 7.05 Å². The number of fused-ring (bicyclic) bond motifs is 1. The second kappa shape index (κ2) is 7.20. The van der Waals surface area contributed by atoms with Crippen LogP contribution in [-0.4, -0.2) is 27.8 Å². The van der Waals surface area contributed by atoms with Crippen molar-refractivity contribution >= 4 is 28.1 Å². The largest absolute Gasteiger partial charge is 0.481 e. The molecular formula is C20H18N4O2S. The smallest absolute Gasteiger partial charge is 0.251 e. The zero-order valence-electron chi connectivity index (χ0n) is 15.0. The summed E-state index contributed by atoms with van der Waals surface area (Å²) in [6.07, 6.45) is 1.77. The number of methoxy groups -OCH3 is 1. The highest BCUT2D eigenvalue weighted by Gasteiger charge is 2.13. The van der Waals surface area contributed by atoms with E-state index in [0.29, 0.717) is 18.0 Å². The molecule has 1 N–H and O–H groups in total. The molecule has 0 radical (unpaired) electrons. The van der Waals surface area contributed by atoms with Crippen LogP contribution in [-0.2, 0) is 13.6 Å². The minimum absolute atomic E-state index is 0.143. The summed E-state index contributed by atoms with van der Waals surface area (Å²) in [4.78, 5) is 18.1. The van der Waals surface area contributed by atoms with E-state index in [4.69, 9.17) is 4.74 Å². The van der Waals surface area contributed by atoms with Crippen LogP contribution in [0.15, 0.2) is 54.0 Å². The van der Waals surface area contributed by atoms with Crippen LogP contribution in [0.3, 0.4) is 0 Å². The molecule has 1 aromatic carbocycles. The van der Waals surface area contributed by atoms with Gasteiger partial charge in [0.15, 0.2) is 0 Å². The van der Waals surface area contributed by atoms with Crippen molar-refractivity contribution in [2.45, 2.75) is 6.54 Å². The minimum atomic E-state index is -0.143. The van der Waals surface area contributed by atoms with Crippen molar-refractivity contribution in [3.05, 3.63) is 65.2 Å². The summed E-state index contributed by atoms with van der Waals surface area (Å²) in [5.74, 6) is 0.533. The number of carbonyl (C=O) groups is 1. The average molecular weight is 378 g/mol. The lowest BCUT2D eigenvalue weighted by Crippen LogP contribution is -2.22. The lowest BCUT2D eigenvalue weighted by molar-refractivity contribution is 0.0951. The molecule has 0 bridgehead atoms. The molecular weight excluding hydrogens is 360 g/mol. The van der Waals surface area contributed by atoms with E-state index in [9.17, 15) is 4.79 Å². The van der Waals surface area contributed by atoms with Crippen LogP contribution in [0.1, 0.15) is 15.9 Å². The molecule has 0 saturated carbocycles. The van der Waals surface area contributed by atoms with Gasteiger partial charge in [-0.25, -0.2) is 4.68 Å². The lowest BCUT2D eigenvalue weighted by Gasteiger charge is -2.07. The maximum atomic E-state index is 12.5. The van der Waals surface area contributed by atoms with E-state index >= 15 is 0 Å². The van der Waals surface area contributed by atoms with E-state index in [1.807, 2.05) is 42.8 Å². The Hall–Kier alpha value is -3.19. The Bertz CT molecular complexity index is 1100. The Morgan fingerprint density at radius 2 is 2.15 bits per heavy atom. The van der Waals surface area contributed by atoms with Gasteiger partial charge in [0.05, 0.1) is 28.6 Å². The van der Waals surface area contributed by atoms with Gasteiger partial charge < -0.3 is 10.1 Å². The van der Waals surface area contributed by atoms with Gasteiger partial charge >= 0.3 is 0 Å². The normalized spacial score (nSPS) is 10.9. The summed E-state index contributed by atoms with van der Waals surface area (Å²) in [5, 5.41) is 10.3. The fraction of sp³-hybridized carbons (Fsp3) is 0.150. The SMILES string of the molecule is COc1c2ccc(C(=O)NCc3ccnc(-c4cccs4)c3)cc2nn1C. The molecule has 0 atom stereocenters. The maximum absolute atomic E-state index is 12.5. The van der Waals surface area contributed by atoms with E-state index in [1.54, 1.807) is 41.5 Å². The van der Waals surface area contributed by atoms with Crippen molar-refractivity contribution in [2.75, 3.05) is 7.11 Å². The van der Waals surface area contributed by atoms with Crippen LogP contribution in [0.25, 0.3) is 21.5 Å². The first-order chi connectivity index (χ1) is 13.2. The van der Waals surface area contributed by atoms with E-state index in [-0.39, 0.29) is 5.91 Å². The quantitative estimate of drug-likeness (QED) is 0.576. The minimum Gasteiger partial charge on any atom is -0.481 e. The molecule has 0 unspecified atom stereocenters. The standard InChI is InChI=1S/C20H18N4O2S/c1-24-20(26-2)15-6-5-14(11-16(15)23-24)19(25)22-12-13-7-8-21-17(10-13)18-4-3-9-27-18/h3-11H,12H2,1-2H3,(H,22,25). The van der Waals surface area contributed by atoms with Gasteiger partial charge in [0.25, 0.3) is 5.91 Å². The Morgan fingerprint density at radius 1 is 1.26 bits per heavy atom. The fourth-order valence-electron chi connectivity index (χ4n) is 2.99. The number of pyridine rings is 1. The molecule has 27 heavy (non-hydrogen) atoms. The third-order valence-corrected chi connectivity index (χ3v) is 5.18. The number of hydrogen-bond donors (Lipinski definition) is 1. The second-order valence-electron chi connectivity index (χ2n) is 6.07. The highest BCUT2D eigenvalue weighted by atomic mass is 32.1. The summed E-state index contributed by atoms with van der Waals surface area (Å²) < 4.78 is 7.00. The summed E-state index contributed by atoms with van der Waals surface area (Å²) in [6, 6.07) is 13.4. The molecule has 0 aliphatic heterocycles. The number of thiophene rings is 1. The highest BCUT2D eigenvalue weighted by Crippen LogP contribution is 2.25. The van der Waals surface area contributed by atoms with E-state index in [1.165, 1.54) is 0 Å². The van der Waals surface area contributed by atoms with Crippen molar-refractivity contribution in [1.82, 2.24) is 20.1 Å². The zero-order valence-corrected chi connectivity index (χ0v) is 15.8. The lowest BCUT2D eigenvalue weighted by atomic mass is 10.1. The summed E-state index contributed by atoms with van der Waals surface area (Å²) in [7, 11) is 3.42. The summed E-state index contributed by atoms with van der Waals surface area (Å²) in [5.41, 5.74) is 3.21. The predicted molar refractivity (Wildman–Crippen MR) is 106 cm³/mol. The monoisotopic (exact) mass is 378 g/mol. The molecule has 3 heterocycles. The molecule has 0 saturated heterocycles. The Labute approximate surface area is 160 Å². The van der Waals surface area contributed by atoms with Crippen LogP contribution in [0.5, 0.6) is 5.88 Å². The molecule has 7 heteroatoms. The first kappa shape index (κ1) is 17.2. The number of amides is 1. The second-order valence-corrected chi connectivity index (χ2v) is 7.02. The number of rotatable bonds is 5. The Morgan fingerprint density at radius 3 is 2.93 bits per heavy atom. The molecule has 0 fully saturated rings. The first-order valence-electron chi connectivity index (χ1n) is 8.43. The van der Waals surface area contributed by atoms with Gasteiger partial charge in [-0.15, -0.1) is 11.3 Å². The van der Waals surface area contributed by atoms with Gasteiger partial charge in [0, 0.05) is 25.4 Å².